The van der Waals surface area contributed by atoms with E-state index in [2.05, 4.69) is 10.1 Å². The number of benzene rings is 2. The van der Waals surface area contributed by atoms with Crippen molar-refractivity contribution in [3.8, 4) is 22.4 Å². The molecule has 29 heavy (non-hydrogen) atoms. The zero-order valence-corrected chi connectivity index (χ0v) is 16.8. The lowest BCUT2D eigenvalue weighted by atomic mass is 9.98. The number of pyridine rings is 1. The summed E-state index contributed by atoms with van der Waals surface area (Å²) in [6.07, 6.45) is 1.19. The summed E-state index contributed by atoms with van der Waals surface area (Å²) in [4.78, 5) is 4.48. The minimum absolute atomic E-state index is 0.149. The molecule has 0 saturated heterocycles. The number of nitrogen functional groups attached to an aromatic ring is 1. The van der Waals surface area contributed by atoms with E-state index in [1.807, 2.05) is 42.5 Å². The summed E-state index contributed by atoms with van der Waals surface area (Å²) in [5.74, 6) is 0.149. The first-order chi connectivity index (χ1) is 13.9. The molecule has 0 saturated carbocycles. The topological polar surface area (TPSA) is 99.6 Å². The number of methoxy groups -OCH3 is 1. The fourth-order valence-electron chi connectivity index (χ4n) is 3.34. The van der Waals surface area contributed by atoms with E-state index in [4.69, 9.17) is 10.5 Å². The van der Waals surface area contributed by atoms with Crippen LogP contribution >= 0.6 is 0 Å². The summed E-state index contributed by atoms with van der Waals surface area (Å²) in [6.45, 7) is 0.491. The maximum Gasteiger partial charge on any atom is 0.240 e. The Bertz CT molecular complexity index is 1310. The SMILES string of the molecule is COCc1cccc(-c2ccc3nc(N)nn3c2-c2cccc(S(C)(=O)=O)c2)c1. The van der Waals surface area contributed by atoms with E-state index < -0.39 is 9.84 Å². The smallest absolute Gasteiger partial charge is 0.240 e. The van der Waals surface area contributed by atoms with E-state index in [9.17, 15) is 8.42 Å². The van der Waals surface area contributed by atoms with Crippen LogP contribution in [0, 0.1) is 0 Å². The number of nitrogens with two attached hydrogens (primary N) is 1. The third-order valence-electron chi connectivity index (χ3n) is 4.60. The monoisotopic (exact) mass is 408 g/mol. The van der Waals surface area contributed by atoms with E-state index >= 15 is 0 Å². The van der Waals surface area contributed by atoms with E-state index in [-0.39, 0.29) is 10.8 Å². The number of aromatic nitrogens is 3. The maximum absolute atomic E-state index is 12.1. The average Bonchev–Trinajstić information content (AvgIpc) is 3.07. The first-order valence-corrected chi connectivity index (χ1v) is 10.8. The van der Waals surface area contributed by atoms with Gasteiger partial charge in [-0.05, 0) is 41.5 Å². The zero-order valence-electron chi connectivity index (χ0n) is 16.0. The Balaban J connectivity index is 2.02. The molecule has 2 N–H and O–H groups in total. The molecule has 0 bridgehead atoms. The standard InChI is InChI=1S/C21H20N4O3S/c1-28-13-14-5-3-6-15(11-14)18-9-10-19-23-21(22)24-25(19)20(18)16-7-4-8-17(12-16)29(2,26)27/h3-12H,13H2,1-2H3,(H2,22,24). The third kappa shape index (κ3) is 3.72. The Kier molecular flexibility index (Phi) is 4.81. The molecular weight excluding hydrogens is 388 g/mol. The molecule has 0 atom stereocenters. The normalized spacial score (nSPS) is 11.8. The second-order valence-electron chi connectivity index (χ2n) is 6.77. The number of hydrogen-bond acceptors (Lipinski definition) is 6. The van der Waals surface area contributed by atoms with Crippen molar-refractivity contribution in [1.82, 2.24) is 14.6 Å². The molecule has 0 amide bonds. The first-order valence-electron chi connectivity index (χ1n) is 8.91. The van der Waals surface area contributed by atoms with E-state index in [0.717, 1.165) is 16.7 Å². The second-order valence-corrected chi connectivity index (χ2v) is 8.78. The Labute approximate surface area is 168 Å². The van der Waals surface area contributed by atoms with Gasteiger partial charge in [0.15, 0.2) is 15.5 Å². The minimum atomic E-state index is -3.36. The van der Waals surface area contributed by atoms with Crippen molar-refractivity contribution in [3.05, 3.63) is 66.2 Å². The second kappa shape index (κ2) is 7.31. The summed E-state index contributed by atoms with van der Waals surface area (Å²) in [6, 6.07) is 18.5. The Morgan fingerprint density at radius 2 is 1.79 bits per heavy atom. The van der Waals surface area contributed by atoms with Gasteiger partial charge in [0.2, 0.25) is 5.95 Å². The van der Waals surface area contributed by atoms with Crippen molar-refractivity contribution < 1.29 is 13.2 Å². The van der Waals surface area contributed by atoms with Crippen LogP contribution in [0.15, 0.2) is 65.6 Å². The maximum atomic E-state index is 12.1. The molecule has 2 aromatic heterocycles. The van der Waals surface area contributed by atoms with Gasteiger partial charge in [-0.3, -0.25) is 0 Å². The van der Waals surface area contributed by atoms with Crippen LogP contribution in [0.4, 0.5) is 5.95 Å². The van der Waals surface area contributed by atoms with Gasteiger partial charge in [-0.2, -0.15) is 4.98 Å². The summed E-state index contributed by atoms with van der Waals surface area (Å²) in [5.41, 5.74) is 10.7. The molecular formula is C21H20N4O3S. The Morgan fingerprint density at radius 3 is 2.55 bits per heavy atom. The Morgan fingerprint density at radius 1 is 1.03 bits per heavy atom. The highest BCUT2D eigenvalue weighted by Gasteiger charge is 2.17. The number of ether oxygens (including phenoxy) is 1. The van der Waals surface area contributed by atoms with Crippen molar-refractivity contribution in [3.63, 3.8) is 0 Å². The molecule has 148 valence electrons. The highest BCUT2D eigenvalue weighted by atomic mass is 32.2. The average molecular weight is 408 g/mol. The fraction of sp³-hybridized carbons (Fsp3) is 0.143. The van der Waals surface area contributed by atoms with Gasteiger partial charge in [0.1, 0.15) is 0 Å². The van der Waals surface area contributed by atoms with E-state index in [1.165, 1.54) is 6.26 Å². The van der Waals surface area contributed by atoms with Crippen LogP contribution in [-0.2, 0) is 21.2 Å². The Hall–Kier alpha value is -3.23. The van der Waals surface area contributed by atoms with Crippen LogP contribution in [0.25, 0.3) is 28.0 Å². The molecule has 8 heteroatoms. The number of nitrogens with zero attached hydrogens (tertiary/aromatic N) is 3. The van der Waals surface area contributed by atoms with Crippen LogP contribution in [-0.4, -0.2) is 36.4 Å². The van der Waals surface area contributed by atoms with Crippen LogP contribution in [0.2, 0.25) is 0 Å². The van der Waals surface area contributed by atoms with Crippen molar-refractivity contribution in [1.29, 1.82) is 0 Å². The van der Waals surface area contributed by atoms with E-state index in [0.29, 0.717) is 23.5 Å². The number of anilines is 1. The van der Waals surface area contributed by atoms with Crippen molar-refractivity contribution in [2.75, 3.05) is 19.1 Å². The van der Waals surface area contributed by atoms with Gasteiger partial charge >= 0.3 is 0 Å². The van der Waals surface area contributed by atoms with Crippen LogP contribution in [0.1, 0.15) is 5.56 Å². The molecule has 0 aliphatic heterocycles. The number of hydrogen-bond donors (Lipinski definition) is 1. The largest absolute Gasteiger partial charge is 0.380 e. The van der Waals surface area contributed by atoms with Crippen molar-refractivity contribution in [2.24, 2.45) is 0 Å². The highest BCUT2D eigenvalue weighted by Crippen LogP contribution is 2.34. The molecule has 0 spiro atoms. The molecule has 0 aliphatic rings. The highest BCUT2D eigenvalue weighted by molar-refractivity contribution is 7.90. The third-order valence-corrected chi connectivity index (χ3v) is 5.71. The first kappa shape index (κ1) is 19.1. The van der Waals surface area contributed by atoms with Gasteiger partial charge in [-0.1, -0.05) is 30.3 Å². The van der Waals surface area contributed by atoms with Gasteiger partial charge in [-0.25, -0.2) is 12.9 Å². The summed E-state index contributed by atoms with van der Waals surface area (Å²) < 4.78 is 31.1. The van der Waals surface area contributed by atoms with Crippen molar-refractivity contribution >= 4 is 21.4 Å². The molecule has 0 fully saturated rings. The molecule has 0 radical (unpaired) electrons. The van der Waals surface area contributed by atoms with E-state index in [1.54, 1.807) is 29.8 Å². The van der Waals surface area contributed by atoms with Crippen LogP contribution in [0.5, 0.6) is 0 Å². The summed E-state index contributed by atoms with van der Waals surface area (Å²) in [7, 11) is -1.71. The number of sulfone groups is 1. The molecule has 4 rings (SSSR count). The van der Waals surface area contributed by atoms with Gasteiger partial charge in [0, 0.05) is 24.5 Å². The molecule has 7 nitrogen and oxygen atoms in total. The number of rotatable bonds is 5. The van der Waals surface area contributed by atoms with Crippen LogP contribution in [0.3, 0.4) is 0 Å². The lowest BCUT2D eigenvalue weighted by Gasteiger charge is -2.13. The predicted molar refractivity (Wildman–Crippen MR) is 112 cm³/mol. The summed E-state index contributed by atoms with van der Waals surface area (Å²) >= 11 is 0. The molecule has 2 heterocycles. The lowest BCUT2D eigenvalue weighted by Crippen LogP contribution is -2.01. The quantitative estimate of drug-likeness (QED) is 0.544. The molecule has 0 aliphatic carbocycles. The number of fused-ring (bicyclic) bond motifs is 1. The summed E-state index contributed by atoms with van der Waals surface area (Å²) in [5, 5.41) is 4.34. The molecule has 2 aromatic carbocycles. The molecule has 4 aromatic rings. The lowest BCUT2D eigenvalue weighted by molar-refractivity contribution is 0.185. The van der Waals surface area contributed by atoms with Gasteiger partial charge in [0.25, 0.3) is 0 Å². The van der Waals surface area contributed by atoms with Gasteiger partial charge < -0.3 is 10.5 Å². The van der Waals surface area contributed by atoms with Gasteiger partial charge in [-0.15, -0.1) is 5.10 Å². The molecule has 0 unspecified atom stereocenters. The van der Waals surface area contributed by atoms with Crippen molar-refractivity contribution in [2.45, 2.75) is 11.5 Å². The fourth-order valence-corrected chi connectivity index (χ4v) is 4.01. The minimum Gasteiger partial charge on any atom is -0.380 e. The zero-order chi connectivity index (χ0) is 20.6. The predicted octanol–water partition coefficient (Wildman–Crippen LogP) is 3.20. The van der Waals surface area contributed by atoms with Gasteiger partial charge in [0.05, 0.1) is 17.2 Å². The van der Waals surface area contributed by atoms with Crippen LogP contribution < -0.4 is 5.73 Å².